The van der Waals surface area contributed by atoms with Crippen LogP contribution in [0, 0.1) is 11.8 Å². The number of esters is 1. The van der Waals surface area contributed by atoms with Gasteiger partial charge in [-0.15, -0.1) is 13.2 Å². The van der Waals surface area contributed by atoms with Crippen molar-refractivity contribution in [2.24, 2.45) is 11.8 Å². The molecule has 0 aromatic heterocycles. The Kier molecular flexibility index (Phi) is 13.1. The lowest BCUT2D eigenvalue weighted by atomic mass is 9.70. The highest BCUT2D eigenvalue weighted by molar-refractivity contribution is 9.09. The van der Waals surface area contributed by atoms with Crippen molar-refractivity contribution in [1.82, 2.24) is 10.2 Å². The van der Waals surface area contributed by atoms with Gasteiger partial charge in [0.05, 0.1) is 37.1 Å². The molecule has 3 fully saturated rings. The van der Waals surface area contributed by atoms with Crippen molar-refractivity contribution in [3.63, 3.8) is 0 Å². The summed E-state index contributed by atoms with van der Waals surface area (Å²) in [6.07, 6.45) is 2.66. The zero-order valence-corrected chi connectivity index (χ0v) is 33.6. The van der Waals surface area contributed by atoms with Crippen LogP contribution in [-0.4, -0.2) is 89.1 Å². The average molecular weight is 828 g/mol. The first-order valence-electron chi connectivity index (χ1n) is 19.3. The van der Waals surface area contributed by atoms with E-state index in [4.69, 9.17) is 9.47 Å². The number of rotatable bonds is 18. The molecule has 3 aliphatic heterocycles. The zero-order valence-electron chi connectivity index (χ0n) is 32.0. The van der Waals surface area contributed by atoms with Crippen LogP contribution in [0.1, 0.15) is 56.4 Å². The molecule has 2 bridgehead atoms. The molecule has 2 N–H and O–H groups in total. The van der Waals surface area contributed by atoms with Crippen LogP contribution in [0.15, 0.2) is 110 Å². The molecule has 0 radical (unpaired) electrons. The summed E-state index contributed by atoms with van der Waals surface area (Å²) in [5, 5.41) is 13.9. The lowest BCUT2D eigenvalue weighted by molar-refractivity contribution is -0.160. The molecule has 1 spiro atoms. The van der Waals surface area contributed by atoms with Crippen molar-refractivity contribution in [3.8, 4) is 0 Å². The van der Waals surface area contributed by atoms with Gasteiger partial charge in [0.2, 0.25) is 11.8 Å². The first kappa shape index (κ1) is 40.9. The number of fused-ring (bicyclic) bond motifs is 1. The van der Waals surface area contributed by atoms with E-state index in [2.05, 4.69) is 53.2 Å². The number of nitrogens with one attached hydrogen (secondary N) is 1. The highest BCUT2D eigenvalue weighted by Gasteiger charge is 2.77. The van der Waals surface area contributed by atoms with Gasteiger partial charge in [-0.1, -0.05) is 88.7 Å². The second-order valence-corrected chi connectivity index (χ2v) is 15.6. The second-order valence-electron chi connectivity index (χ2n) is 14.4. The fourth-order valence-corrected chi connectivity index (χ4v) is 9.60. The van der Waals surface area contributed by atoms with Gasteiger partial charge in [-0.2, -0.15) is 0 Å². The molecule has 8 atom stereocenters. The molecule has 3 aromatic rings. The third-order valence-corrected chi connectivity index (χ3v) is 12.1. The topological polar surface area (TPSA) is 129 Å². The van der Waals surface area contributed by atoms with Gasteiger partial charge in [0.15, 0.2) is 0 Å². The molecule has 3 heterocycles. The Morgan fingerprint density at radius 3 is 2.20 bits per heavy atom. The summed E-state index contributed by atoms with van der Waals surface area (Å²) in [4.78, 5) is 62.4. The minimum absolute atomic E-state index is 0.0167. The summed E-state index contributed by atoms with van der Waals surface area (Å²) in [6.45, 7) is 13.1. The first-order chi connectivity index (χ1) is 27.1. The predicted octanol–water partition coefficient (Wildman–Crippen LogP) is 5.90. The lowest BCUT2D eigenvalue weighted by Crippen LogP contribution is -2.57. The minimum Gasteiger partial charge on any atom is -0.455 e. The van der Waals surface area contributed by atoms with E-state index in [1.165, 1.54) is 4.90 Å². The average Bonchev–Trinajstić information content (AvgIpc) is 3.82. The molecule has 3 saturated heterocycles. The number of amides is 3. The molecular formula is C44H51BrN4O7. The number of carbonyl (C=O) groups excluding carboxylic acids is 4. The Morgan fingerprint density at radius 2 is 1.61 bits per heavy atom. The normalized spacial score (nSPS) is 24.5. The number of alkyl halides is 1. The standard InChI is InChI=1S/C44H51BrN4O7/c1-5-9-20-36(51)46-27-35(30-18-14-11-15-19-30)55-43(54)37-38-41(52)49(34(28-50)29-16-12-10-13-17-29)40(44(38)26-33(45)39(37)56-44)42(53)48(25-6-2)32-23-21-31(22-24-32)47(7-3)8-4/h5-6,10-19,21-24,33-35,37-40,50H,1-2,7-9,20,25-28H2,3-4H3,(H,46,51)/t33?,34-,35+,37-,38+,39-,40-,44+/m1/s1. The van der Waals surface area contributed by atoms with E-state index < -0.39 is 70.9 Å². The molecule has 12 heteroatoms. The first-order valence-corrected chi connectivity index (χ1v) is 20.3. The largest absolute Gasteiger partial charge is 0.455 e. The molecule has 0 aliphatic carbocycles. The Labute approximate surface area is 337 Å². The zero-order chi connectivity index (χ0) is 40.0. The van der Waals surface area contributed by atoms with Gasteiger partial charge in [0.25, 0.3) is 5.91 Å². The van der Waals surface area contributed by atoms with Crippen molar-refractivity contribution >= 4 is 51.0 Å². The molecular weight excluding hydrogens is 776 g/mol. The van der Waals surface area contributed by atoms with Crippen LogP contribution in [0.2, 0.25) is 0 Å². The van der Waals surface area contributed by atoms with Gasteiger partial charge >= 0.3 is 5.97 Å². The van der Waals surface area contributed by atoms with Crippen molar-refractivity contribution in [1.29, 1.82) is 0 Å². The highest BCUT2D eigenvalue weighted by atomic mass is 79.9. The van der Waals surface area contributed by atoms with Gasteiger partial charge in [0, 0.05) is 42.3 Å². The Morgan fingerprint density at radius 1 is 0.982 bits per heavy atom. The van der Waals surface area contributed by atoms with Crippen molar-refractivity contribution in [3.05, 3.63) is 121 Å². The SMILES string of the molecule is C=CCCC(=O)NC[C@H](OC(=O)[C@H]1[C@@H]2O[C@@]3(CC2Br)[C@@H]1C(=O)N([C@H](CO)c1ccccc1)[C@@H]3C(=O)N(CC=C)c1ccc(N(CC)CC)cc1)c1ccccc1. The summed E-state index contributed by atoms with van der Waals surface area (Å²) in [6, 6.07) is 23.7. The van der Waals surface area contributed by atoms with E-state index in [0.717, 1.165) is 18.8 Å². The number of carbonyl (C=O) groups is 4. The van der Waals surface area contributed by atoms with Crippen LogP contribution in [0.5, 0.6) is 0 Å². The molecule has 56 heavy (non-hydrogen) atoms. The summed E-state index contributed by atoms with van der Waals surface area (Å²) in [5.41, 5.74) is 1.50. The maximum absolute atomic E-state index is 15.3. The molecule has 0 saturated carbocycles. The van der Waals surface area contributed by atoms with Crippen LogP contribution in [0.3, 0.4) is 0 Å². The monoisotopic (exact) mass is 826 g/mol. The molecule has 3 aromatic carbocycles. The summed E-state index contributed by atoms with van der Waals surface area (Å²) in [7, 11) is 0. The van der Waals surface area contributed by atoms with Crippen LogP contribution < -0.4 is 15.1 Å². The third-order valence-electron chi connectivity index (χ3n) is 11.3. The lowest BCUT2D eigenvalue weighted by Gasteiger charge is -2.39. The Hall–Kier alpha value is -4.78. The maximum atomic E-state index is 15.3. The van der Waals surface area contributed by atoms with E-state index in [-0.39, 0.29) is 31.8 Å². The van der Waals surface area contributed by atoms with E-state index in [0.29, 0.717) is 23.2 Å². The van der Waals surface area contributed by atoms with E-state index >= 15 is 9.59 Å². The molecule has 296 valence electrons. The summed E-state index contributed by atoms with van der Waals surface area (Å²) < 4.78 is 13.0. The number of benzene rings is 3. The second kappa shape index (κ2) is 18.0. The van der Waals surface area contributed by atoms with Gasteiger partial charge in [-0.3, -0.25) is 19.2 Å². The van der Waals surface area contributed by atoms with Crippen LogP contribution >= 0.6 is 15.9 Å². The van der Waals surface area contributed by atoms with Gasteiger partial charge in [-0.25, -0.2) is 0 Å². The van der Waals surface area contributed by atoms with Crippen LogP contribution in [0.4, 0.5) is 11.4 Å². The molecule has 3 aliphatic rings. The smallest absolute Gasteiger partial charge is 0.313 e. The van der Waals surface area contributed by atoms with Gasteiger partial charge < -0.3 is 34.6 Å². The van der Waals surface area contributed by atoms with E-state index in [1.807, 2.05) is 72.8 Å². The molecule has 1 unspecified atom stereocenters. The number of ether oxygens (including phenoxy) is 2. The number of halogens is 1. The minimum atomic E-state index is -1.43. The number of aliphatic hydroxyl groups excluding tert-OH is 1. The fourth-order valence-electron chi connectivity index (χ4n) is 8.65. The number of hydrogen-bond acceptors (Lipinski definition) is 8. The van der Waals surface area contributed by atoms with Gasteiger partial charge in [0.1, 0.15) is 17.7 Å². The van der Waals surface area contributed by atoms with Crippen molar-refractivity contribution < 1.29 is 33.8 Å². The number of hydrogen-bond donors (Lipinski definition) is 2. The van der Waals surface area contributed by atoms with Crippen molar-refractivity contribution in [2.75, 3.05) is 42.6 Å². The maximum Gasteiger partial charge on any atom is 0.313 e. The fraction of sp³-hybridized carbons (Fsp3) is 0.409. The summed E-state index contributed by atoms with van der Waals surface area (Å²) in [5.74, 6) is -3.94. The quantitative estimate of drug-likeness (QED) is 0.0923. The number of nitrogens with zero attached hydrogens (tertiary/aromatic N) is 3. The molecule has 11 nitrogen and oxygen atoms in total. The third kappa shape index (κ3) is 7.79. The number of likely N-dealkylation sites (tertiary alicyclic amines) is 1. The van der Waals surface area contributed by atoms with E-state index in [9.17, 15) is 14.7 Å². The number of allylic oxidation sites excluding steroid dienone is 1. The van der Waals surface area contributed by atoms with Crippen LogP contribution in [0.25, 0.3) is 0 Å². The highest BCUT2D eigenvalue weighted by Crippen LogP contribution is 2.61. The summed E-state index contributed by atoms with van der Waals surface area (Å²) >= 11 is 3.76. The van der Waals surface area contributed by atoms with Gasteiger partial charge in [-0.05, 0) is 62.1 Å². The number of aliphatic hydroxyl groups is 1. The van der Waals surface area contributed by atoms with E-state index in [1.54, 1.807) is 29.2 Å². The predicted molar refractivity (Wildman–Crippen MR) is 219 cm³/mol. The molecule has 3 amide bonds. The number of anilines is 2. The molecule has 6 rings (SSSR count). The Bertz CT molecular complexity index is 1870. The van der Waals surface area contributed by atoms with Crippen LogP contribution in [-0.2, 0) is 28.7 Å². The van der Waals surface area contributed by atoms with Crippen molar-refractivity contribution in [2.45, 2.75) is 67.8 Å². The Balaban J connectivity index is 1.39.